The van der Waals surface area contributed by atoms with Crippen LogP contribution in [0.5, 0.6) is 5.75 Å². The van der Waals surface area contributed by atoms with E-state index in [0.29, 0.717) is 10.7 Å². The molecule has 0 aliphatic heterocycles. The Bertz CT molecular complexity index is 626. The molecule has 108 valence electrons. The predicted molar refractivity (Wildman–Crippen MR) is 74.3 cm³/mol. The van der Waals surface area contributed by atoms with Crippen LogP contribution in [-0.4, -0.2) is 14.9 Å². The minimum atomic E-state index is -0.714. The zero-order chi connectivity index (χ0) is 14.9. The number of nitrogens with zero attached hydrogens (tertiary/aromatic N) is 2. The number of aliphatic hydroxyl groups excluding tert-OH is 1. The molecule has 0 saturated heterocycles. The number of hydrogen-bond acceptors (Lipinski definition) is 3. The molecule has 0 unspecified atom stereocenters. The smallest absolute Gasteiger partial charge is 0.165 e. The van der Waals surface area contributed by atoms with Crippen LogP contribution in [0.3, 0.4) is 0 Å². The largest absolute Gasteiger partial charge is 0.486 e. The molecule has 0 amide bonds. The molecule has 0 spiro atoms. The molecule has 6 heteroatoms. The van der Waals surface area contributed by atoms with Gasteiger partial charge >= 0.3 is 0 Å². The second kappa shape index (κ2) is 5.81. The molecule has 1 aromatic heterocycles. The number of halogens is 2. The van der Waals surface area contributed by atoms with Crippen LogP contribution in [0.4, 0.5) is 4.39 Å². The van der Waals surface area contributed by atoms with Gasteiger partial charge in [-0.3, -0.25) is 4.68 Å². The van der Waals surface area contributed by atoms with E-state index in [-0.39, 0.29) is 12.4 Å². The summed E-state index contributed by atoms with van der Waals surface area (Å²) in [6.07, 6.45) is -0.714. The van der Waals surface area contributed by atoms with E-state index in [4.69, 9.17) is 16.3 Å². The maximum Gasteiger partial charge on any atom is 0.165 e. The van der Waals surface area contributed by atoms with Crippen molar-refractivity contribution in [2.24, 2.45) is 7.05 Å². The Morgan fingerprint density at radius 1 is 1.50 bits per heavy atom. The Hall–Kier alpha value is -1.59. The van der Waals surface area contributed by atoms with Gasteiger partial charge in [0.05, 0.1) is 11.8 Å². The Morgan fingerprint density at radius 2 is 2.20 bits per heavy atom. The first-order valence-corrected chi connectivity index (χ1v) is 6.56. The highest BCUT2D eigenvalue weighted by molar-refractivity contribution is 6.30. The number of aliphatic hydroxyl groups is 1. The minimum Gasteiger partial charge on any atom is -0.486 e. The van der Waals surface area contributed by atoms with Crippen molar-refractivity contribution >= 4 is 11.6 Å². The molecule has 1 heterocycles. The highest BCUT2D eigenvalue weighted by Gasteiger charge is 2.13. The van der Waals surface area contributed by atoms with Crippen molar-refractivity contribution in [3.05, 3.63) is 46.0 Å². The Balaban J connectivity index is 2.15. The molecule has 0 saturated carbocycles. The van der Waals surface area contributed by atoms with Crippen LogP contribution in [0.1, 0.15) is 29.8 Å². The van der Waals surface area contributed by atoms with Crippen molar-refractivity contribution in [3.8, 4) is 5.75 Å². The SMILES string of the molecule is Cc1nn(C)c(Cl)c1COc1ccc([C@@H](C)O)cc1F. The summed E-state index contributed by atoms with van der Waals surface area (Å²) in [4.78, 5) is 0. The molecule has 1 atom stereocenters. The van der Waals surface area contributed by atoms with E-state index < -0.39 is 11.9 Å². The highest BCUT2D eigenvalue weighted by Crippen LogP contribution is 2.25. The van der Waals surface area contributed by atoms with E-state index in [2.05, 4.69) is 5.10 Å². The number of ether oxygens (including phenoxy) is 1. The van der Waals surface area contributed by atoms with Gasteiger partial charge in [-0.25, -0.2) is 4.39 Å². The monoisotopic (exact) mass is 298 g/mol. The fourth-order valence-electron chi connectivity index (χ4n) is 1.88. The normalized spacial score (nSPS) is 12.5. The molecule has 0 aliphatic carbocycles. The summed E-state index contributed by atoms with van der Waals surface area (Å²) in [5.74, 6) is -0.394. The predicted octanol–water partition coefficient (Wildman–Crippen LogP) is 3.15. The average molecular weight is 299 g/mol. The third kappa shape index (κ3) is 2.94. The van der Waals surface area contributed by atoms with E-state index in [1.807, 2.05) is 6.92 Å². The number of rotatable bonds is 4. The van der Waals surface area contributed by atoms with Gasteiger partial charge in [-0.2, -0.15) is 5.10 Å². The molecule has 0 aliphatic rings. The Morgan fingerprint density at radius 3 is 2.70 bits per heavy atom. The van der Waals surface area contributed by atoms with Crippen LogP contribution >= 0.6 is 11.6 Å². The zero-order valence-corrected chi connectivity index (χ0v) is 12.3. The van der Waals surface area contributed by atoms with Gasteiger partial charge in [-0.1, -0.05) is 17.7 Å². The standard InChI is InChI=1S/C14H16ClFN2O2/c1-8-11(14(15)18(3)17-8)7-20-13-5-4-10(9(2)19)6-12(13)16/h4-6,9,19H,7H2,1-3H3/t9-/m1/s1. The van der Waals surface area contributed by atoms with Crippen molar-refractivity contribution < 1.29 is 14.2 Å². The van der Waals surface area contributed by atoms with Gasteiger partial charge in [0, 0.05) is 12.6 Å². The molecular weight excluding hydrogens is 283 g/mol. The van der Waals surface area contributed by atoms with Gasteiger partial charge in [0.15, 0.2) is 11.6 Å². The van der Waals surface area contributed by atoms with Crippen molar-refractivity contribution in [1.82, 2.24) is 9.78 Å². The maximum atomic E-state index is 13.8. The number of benzene rings is 1. The van der Waals surface area contributed by atoms with Gasteiger partial charge in [0.25, 0.3) is 0 Å². The average Bonchev–Trinajstić information content (AvgIpc) is 2.62. The molecule has 1 aromatic carbocycles. The molecule has 4 nitrogen and oxygen atoms in total. The lowest BCUT2D eigenvalue weighted by Crippen LogP contribution is -2.00. The van der Waals surface area contributed by atoms with Crippen LogP contribution in [0.15, 0.2) is 18.2 Å². The van der Waals surface area contributed by atoms with Gasteiger partial charge in [0.2, 0.25) is 0 Å². The van der Waals surface area contributed by atoms with Crippen molar-refractivity contribution in [2.45, 2.75) is 26.6 Å². The summed E-state index contributed by atoms with van der Waals surface area (Å²) < 4.78 is 20.8. The lowest BCUT2D eigenvalue weighted by atomic mass is 10.1. The zero-order valence-electron chi connectivity index (χ0n) is 11.5. The van der Waals surface area contributed by atoms with E-state index >= 15 is 0 Å². The fourth-order valence-corrected chi connectivity index (χ4v) is 2.11. The third-order valence-corrected chi connectivity index (χ3v) is 3.55. The van der Waals surface area contributed by atoms with Gasteiger partial charge < -0.3 is 9.84 Å². The summed E-state index contributed by atoms with van der Waals surface area (Å²) >= 11 is 6.08. The minimum absolute atomic E-state index is 0.119. The second-order valence-electron chi connectivity index (χ2n) is 4.63. The number of hydrogen-bond donors (Lipinski definition) is 1. The Kier molecular flexibility index (Phi) is 4.30. The molecule has 20 heavy (non-hydrogen) atoms. The number of aryl methyl sites for hydroxylation is 2. The second-order valence-corrected chi connectivity index (χ2v) is 4.99. The van der Waals surface area contributed by atoms with Gasteiger partial charge in [-0.05, 0) is 31.5 Å². The van der Waals surface area contributed by atoms with Crippen molar-refractivity contribution in [3.63, 3.8) is 0 Å². The molecule has 2 rings (SSSR count). The first-order chi connectivity index (χ1) is 9.40. The summed E-state index contributed by atoms with van der Waals surface area (Å²) in [6, 6.07) is 4.38. The van der Waals surface area contributed by atoms with Crippen LogP contribution < -0.4 is 4.74 Å². The van der Waals surface area contributed by atoms with Crippen LogP contribution in [0.25, 0.3) is 0 Å². The molecule has 2 aromatic rings. The summed E-state index contributed by atoms with van der Waals surface area (Å²) in [6.45, 7) is 3.54. The van der Waals surface area contributed by atoms with Crippen molar-refractivity contribution in [1.29, 1.82) is 0 Å². The van der Waals surface area contributed by atoms with Crippen molar-refractivity contribution in [2.75, 3.05) is 0 Å². The topological polar surface area (TPSA) is 47.3 Å². The summed E-state index contributed by atoms with van der Waals surface area (Å²) in [5.41, 5.74) is 1.98. The van der Waals surface area contributed by atoms with Gasteiger partial charge in [0.1, 0.15) is 11.8 Å². The third-order valence-electron chi connectivity index (χ3n) is 3.08. The first-order valence-electron chi connectivity index (χ1n) is 6.18. The molecule has 0 radical (unpaired) electrons. The quantitative estimate of drug-likeness (QED) is 0.943. The molecule has 0 fully saturated rings. The molecule has 0 bridgehead atoms. The lowest BCUT2D eigenvalue weighted by Gasteiger charge is -2.10. The van der Waals surface area contributed by atoms with E-state index in [1.165, 1.54) is 12.1 Å². The van der Waals surface area contributed by atoms with Gasteiger partial charge in [-0.15, -0.1) is 0 Å². The summed E-state index contributed by atoms with van der Waals surface area (Å²) in [7, 11) is 1.73. The lowest BCUT2D eigenvalue weighted by molar-refractivity contribution is 0.198. The highest BCUT2D eigenvalue weighted by atomic mass is 35.5. The first kappa shape index (κ1) is 14.8. The van der Waals surface area contributed by atoms with E-state index in [1.54, 1.807) is 24.7 Å². The van der Waals surface area contributed by atoms with E-state index in [9.17, 15) is 9.50 Å². The van der Waals surface area contributed by atoms with E-state index in [0.717, 1.165) is 11.3 Å². The molecular formula is C14H16ClFN2O2. The molecule has 1 N–H and O–H groups in total. The number of aromatic nitrogens is 2. The maximum absolute atomic E-state index is 13.8. The van der Waals surface area contributed by atoms with Crippen LogP contribution in [-0.2, 0) is 13.7 Å². The van der Waals surface area contributed by atoms with Crippen LogP contribution in [0, 0.1) is 12.7 Å². The van der Waals surface area contributed by atoms with Crippen LogP contribution in [0.2, 0.25) is 5.15 Å². The fraction of sp³-hybridized carbons (Fsp3) is 0.357. The Labute approximate surface area is 121 Å². The summed E-state index contributed by atoms with van der Waals surface area (Å²) in [5, 5.41) is 14.0.